The summed E-state index contributed by atoms with van der Waals surface area (Å²) in [5.74, 6) is 0.0823. The molecular formula is C14H15NO5. The average molecular weight is 277 g/mol. The van der Waals surface area contributed by atoms with E-state index in [0.29, 0.717) is 22.8 Å². The van der Waals surface area contributed by atoms with E-state index in [1.165, 1.54) is 12.1 Å². The normalized spacial score (nSPS) is 10.6. The third-order valence-electron chi connectivity index (χ3n) is 3.08. The largest absolute Gasteiger partial charge is 0.475 e. The monoisotopic (exact) mass is 277 g/mol. The maximum atomic E-state index is 12.1. The molecule has 0 saturated carbocycles. The highest BCUT2D eigenvalue weighted by Gasteiger charge is 2.18. The minimum atomic E-state index is -1.14. The van der Waals surface area contributed by atoms with Crippen LogP contribution in [-0.4, -0.2) is 17.0 Å². The Hall–Kier alpha value is -2.50. The summed E-state index contributed by atoms with van der Waals surface area (Å²) in [6.07, 6.45) is 0. The van der Waals surface area contributed by atoms with Crippen molar-refractivity contribution < 1.29 is 23.5 Å². The fraction of sp³-hybridized carbons (Fsp3) is 0.286. The van der Waals surface area contributed by atoms with Crippen LogP contribution in [0.15, 0.2) is 21.0 Å². The van der Waals surface area contributed by atoms with Gasteiger partial charge in [0, 0.05) is 5.56 Å². The van der Waals surface area contributed by atoms with Crippen LogP contribution in [0.2, 0.25) is 0 Å². The van der Waals surface area contributed by atoms with Crippen LogP contribution in [0.4, 0.5) is 0 Å². The molecule has 2 heterocycles. The van der Waals surface area contributed by atoms with Crippen LogP contribution in [0.1, 0.15) is 43.8 Å². The van der Waals surface area contributed by atoms with Crippen molar-refractivity contribution >= 4 is 11.9 Å². The van der Waals surface area contributed by atoms with Gasteiger partial charge in [-0.05, 0) is 32.9 Å². The molecule has 0 aliphatic carbocycles. The Balaban J connectivity index is 2.06. The molecule has 2 rings (SSSR count). The van der Waals surface area contributed by atoms with E-state index in [1.807, 2.05) is 6.92 Å². The molecule has 0 unspecified atom stereocenters. The van der Waals surface area contributed by atoms with E-state index < -0.39 is 5.97 Å². The van der Waals surface area contributed by atoms with E-state index in [1.54, 1.807) is 13.8 Å². The van der Waals surface area contributed by atoms with E-state index in [2.05, 4.69) is 5.32 Å². The zero-order valence-corrected chi connectivity index (χ0v) is 11.4. The minimum absolute atomic E-state index is 0.120. The van der Waals surface area contributed by atoms with Gasteiger partial charge in [-0.3, -0.25) is 4.79 Å². The van der Waals surface area contributed by atoms with E-state index >= 15 is 0 Å². The van der Waals surface area contributed by atoms with Crippen molar-refractivity contribution in [1.29, 1.82) is 0 Å². The number of furan rings is 2. The topological polar surface area (TPSA) is 92.7 Å². The quantitative estimate of drug-likeness (QED) is 0.895. The van der Waals surface area contributed by atoms with Crippen molar-refractivity contribution in [3.05, 3.63) is 46.3 Å². The second-order valence-corrected chi connectivity index (χ2v) is 4.47. The number of hydrogen-bond acceptors (Lipinski definition) is 4. The number of carbonyl (C=O) groups excluding carboxylic acids is 1. The van der Waals surface area contributed by atoms with Gasteiger partial charge in [0.1, 0.15) is 17.3 Å². The van der Waals surface area contributed by atoms with Crippen LogP contribution in [0, 0.1) is 20.8 Å². The van der Waals surface area contributed by atoms with Gasteiger partial charge in [0.15, 0.2) is 0 Å². The lowest BCUT2D eigenvalue weighted by Gasteiger charge is -2.03. The highest BCUT2D eigenvalue weighted by atomic mass is 16.4. The molecule has 0 aliphatic rings. The van der Waals surface area contributed by atoms with Crippen molar-refractivity contribution in [3.63, 3.8) is 0 Å². The highest BCUT2D eigenvalue weighted by Crippen LogP contribution is 2.20. The Morgan fingerprint density at radius 3 is 2.35 bits per heavy atom. The van der Waals surface area contributed by atoms with Crippen LogP contribution in [0.3, 0.4) is 0 Å². The average Bonchev–Trinajstić information content (AvgIpc) is 2.93. The van der Waals surface area contributed by atoms with Crippen LogP contribution < -0.4 is 5.32 Å². The van der Waals surface area contributed by atoms with Crippen LogP contribution in [-0.2, 0) is 6.54 Å². The summed E-state index contributed by atoms with van der Waals surface area (Å²) < 4.78 is 10.5. The number of carbonyl (C=O) groups is 2. The zero-order valence-electron chi connectivity index (χ0n) is 11.4. The Kier molecular flexibility index (Phi) is 3.65. The molecule has 0 spiro atoms. The smallest absolute Gasteiger partial charge is 0.371 e. The Bertz CT molecular complexity index is 665. The molecule has 2 N–H and O–H groups in total. The molecule has 2 aromatic heterocycles. The maximum Gasteiger partial charge on any atom is 0.371 e. The lowest BCUT2D eigenvalue weighted by molar-refractivity contribution is 0.0660. The predicted octanol–water partition coefficient (Wildman–Crippen LogP) is 2.43. The molecule has 0 aromatic carbocycles. The number of carboxylic acids is 1. The third-order valence-corrected chi connectivity index (χ3v) is 3.08. The van der Waals surface area contributed by atoms with Gasteiger partial charge in [0.25, 0.3) is 5.91 Å². The van der Waals surface area contributed by atoms with Crippen molar-refractivity contribution in [1.82, 2.24) is 5.32 Å². The lowest BCUT2D eigenvalue weighted by atomic mass is 10.1. The van der Waals surface area contributed by atoms with Crippen molar-refractivity contribution in [3.8, 4) is 0 Å². The fourth-order valence-corrected chi connectivity index (χ4v) is 1.97. The number of nitrogens with one attached hydrogen (secondary N) is 1. The van der Waals surface area contributed by atoms with Crippen molar-refractivity contribution in [2.24, 2.45) is 0 Å². The highest BCUT2D eigenvalue weighted by molar-refractivity contribution is 5.96. The second-order valence-electron chi connectivity index (χ2n) is 4.47. The summed E-state index contributed by atoms with van der Waals surface area (Å²) in [6, 6.07) is 2.87. The van der Waals surface area contributed by atoms with Gasteiger partial charge >= 0.3 is 5.97 Å². The molecule has 0 atom stereocenters. The summed E-state index contributed by atoms with van der Waals surface area (Å²) in [7, 11) is 0. The molecule has 1 amide bonds. The molecule has 0 bridgehead atoms. The van der Waals surface area contributed by atoms with Gasteiger partial charge in [-0.15, -0.1) is 0 Å². The molecule has 0 saturated heterocycles. The number of amides is 1. The van der Waals surface area contributed by atoms with E-state index in [-0.39, 0.29) is 18.2 Å². The van der Waals surface area contributed by atoms with E-state index in [9.17, 15) is 9.59 Å². The molecule has 20 heavy (non-hydrogen) atoms. The molecule has 0 fully saturated rings. The van der Waals surface area contributed by atoms with E-state index in [4.69, 9.17) is 13.9 Å². The van der Waals surface area contributed by atoms with E-state index in [0.717, 1.165) is 5.56 Å². The van der Waals surface area contributed by atoms with Crippen LogP contribution >= 0.6 is 0 Å². The van der Waals surface area contributed by atoms with Gasteiger partial charge in [0.05, 0.1) is 12.1 Å². The number of carboxylic acid groups (broad SMARTS) is 1. The van der Waals surface area contributed by atoms with Crippen LogP contribution in [0.5, 0.6) is 0 Å². The third kappa shape index (κ3) is 2.59. The maximum absolute atomic E-state index is 12.1. The summed E-state index contributed by atoms with van der Waals surface area (Å²) in [6.45, 7) is 5.46. The SMILES string of the molecule is Cc1oc(C)c(C(=O)NCc2ccc(C(=O)O)o2)c1C. The Labute approximate surface area is 115 Å². The van der Waals surface area contributed by atoms with Gasteiger partial charge in [-0.2, -0.15) is 0 Å². The first-order valence-corrected chi connectivity index (χ1v) is 6.07. The minimum Gasteiger partial charge on any atom is -0.475 e. The van der Waals surface area contributed by atoms with Gasteiger partial charge in [-0.25, -0.2) is 4.79 Å². The summed E-state index contributed by atoms with van der Waals surface area (Å²) in [4.78, 5) is 22.8. The number of hydrogen-bond donors (Lipinski definition) is 2. The number of rotatable bonds is 4. The zero-order chi connectivity index (χ0) is 14.9. The van der Waals surface area contributed by atoms with Crippen molar-refractivity contribution in [2.75, 3.05) is 0 Å². The number of aryl methyl sites for hydroxylation is 2. The first-order chi connectivity index (χ1) is 9.40. The van der Waals surface area contributed by atoms with Gasteiger partial charge in [-0.1, -0.05) is 0 Å². The van der Waals surface area contributed by atoms with Crippen LogP contribution in [0.25, 0.3) is 0 Å². The van der Waals surface area contributed by atoms with Crippen molar-refractivity contribution in [2.45, 2.75) is 27.3 Å². The first kappa shape index (κ1) is 13.9. The fourth-order valence-electron chi connectivity index (χ4n) is 1.97. The second kappa shape index (κ2) is 5.24. The molecule has 106 valence electrons. The summed E-state index contributed by atoms with van der Waals surface area (Å²) in [5.41, 5.74) is 1.30. The molecule has 6 heteroatoms. The Morgan fingerprint density at radius 1 is 1.15 bits per heavy atom. The molecule has 6 nitrogen and oxygen atoms in total. The summed E-state index contributed by atoms with van der Waals surface area (Å²) in [5, 5.41) is 11.4. The van der Waals surface area contributed by atoms with Gasteiger partial charge in [0.2, 0.25) is 5.76 Å². The standard InChI is InChI=1S/C14H15NO5/c1-7-8(2)19-9(3)12(7)13(16)15-6-10-4-5-11(20-10)14(17)18/h4-5H,6H2,1-3H3,(H,15,16)(H,17,18). The molecule has 2 aromatic rings. The number of aromatic carboxylic acids is 1. The molecular weight excluding hydrogens is 262 g/mol. The molecule has 0 aliphatic heterocycles. The van der Waals surface area contributed by atoms with Gasteiger partial charge < -0.3 is 19.3 Å². The molecule has 0 radical (unpaired) electrons. The Morgan fingerprint density at radius 2 is 1.85 bits per heavy atom. The summed E-state index contributed by atoms with van der Waals surface area (Å²) >= 11 is 0. The predicted molar refractivity (Wildman–Crippen MR) is 69.8 cm³/mol. The lowest BCUT2D eigenvalue weighted by Crippen LogP contribution is -2.23. The first-order valence-electron chi connectivity index (χ1n) is 6.07.